The van der Waals surface area contributed by atoms with Gasteiger partial charge in [0.15, 0.2) is 0 Å². The minimum Gasteiger partial charge on any atom is -0.378 e. The van der Waals surface area contributed by atoms with Gasteiger partial charge in [-0.2, -0.15) is 0 Å². The van der Waals surface area contributed by atoms with Crippen LogP contribution in [-0.2, 0) is 9.59 Å². The molecule has 1 aliphatic heterocycles. The highest BCUT2D eigenvalue weighted by Crippen LogP contribution is 2.24. The summed E-state index contributed by atoms with van der Waals surface area (Å²) in [5.41, 5.74) is 4.38. The Bertz CT molecular complexity index is 1070. The second kappa shape index (κ2) is 12.2. The van der Waals surface area contributed by atoms with Crippen LogP contribution in [0.2, 0.25) is 0 Å². The smallest absolute Gasteiger partial charge is 0.333 e. The lowest BCUT2D eigenvalue weighted by atomic mass is 10.0. The SMILES string of the molecule is CCCCN1C(=O)C(=C/C=C/c2ccc(-c3ccc(N(C)C)cc3)cc2)C(=O)N(CCCC)C1=O. The third-order valence-electron chi connectivity index (χ3n) is 6.06. The van der Waals surface area contributed by atoms with Crippen LogP contribution in [0, 0.1) is 0 Å². The van der Waals surface area contributed by atoms with E-state index in [0.717, 1.165) is 35.2 Å². The molecule has 1 saturated heterocycles. The van der Waals surface area contributed by atoms with Gasteiger partial charge in [-0.05, 0) is 47.7 Å². The molecule has 0 saturated carbocycles. The maximum Gasteiger partial charge on any atom is 0.333 e. The number of hydrogen-bond donors (Lipinski definition) is 0. The summed E-state index contributed by atoms with van der Waals surface area (Å²) in [6.07, 6.45) is 8.22. The average Bonchev–Trinajstić information content (AvgIpc) is 2.86. The fourth-order valence-electron chi connectivity index (χ4n) is 3.87. The molecule has 184 valence electrons. The second-order valence-electron chi connectivity index (χ2n) is 8.91. The van der Waals surface area contributed by atoms with Crippen LogP contribution in [0.25, 0.3) is 17.2 Å². The summed E-state index contributed by atoms with van der Waals surface area (Å²) < 4.78 is 0. The number of imide groups is 2. The fourth-order valence-corrected chi connectivity index (χ4v) is 3.87. The largest absolute Gasteiger partial charge is 0.378 e. The van der Waals surface area contributed by atoms with Gasteiger partial charge in [0.25, 0.3) is 11.8 Å². The Morgan fingerprint density at radius 1 is 0.743 bits per heavy atom. The third-order valence-corrected chi connectivity index (χ3v) is 6.06. The lowest BCUT2D eigenvalue weighted by Gasteiger charge is -2.33. The quantitative estimate of drug-likeness (QED) is 0.326. The first kappa shape index (κ1) is 25.9. The van der Waals surface area contributed by atoms with E-state index in [4.69, 9.17) is 0 Å². The Kier molecular flexibility index (Phi) is 9.01. The highest BCUT2D eigenvalue weighted by atomic mass is 16.2. The van der Waals surface area contributed by atoms with E-state index in [9.17, 15) is 14.4 Å². The lowest BCUT2D eigenvalue weighted by molar-refractivity contribution is -0.136. The Morgan fingerprint density at radius 3 is 1.69 bits per heavy atom. The molecule has 3 rings (SSSR count). The first-order chi connectivity index (χ1) is 16.9. The number of benzene rings is 2. The molecular weight excluding hydrogens is 438 g/mol. The van der Waals surface area contributed by atoms with Crippen molar-refractivity contribution in [1.82, 2.24) is 9.80 Å². The third kappa shape index (κ3) is 6.27. The first-order valence-corrected chi connectivity index (χ1v) is 12.3. The number of urea groups is 1. The maximum atomic E-state index is 12.9. The number of carbonyl (C=O) groups excluding carboxylic acids is 3. The Morgan fingerprint density at radius 2 is 1.23 bits per heavy atom. The number of barbiturate groups is 1. The van der Waals surface area contributed by atoms with Gasteiger partial charge in [0.05, 0.1) is 0 Å². The number of rotatable bonds is 10. The van der Waals surface area contributed by atoms with Crippen molar-refractivity contribution in [3.63, 3.8) is 0 Å². The van der Waals surface area contributed by atoms with Crippen LogP contribution in [0.3, 0.4) is 0 Å². The van der Waals surface area contributed by atoms with Crippen LogP contribution in [0.5, 0.6) is 0 Å². The normalized spacial score (nSPS) is 14.3. The number of carbonyl (C=O) groups is 3. The van der Waals surface area contributed by atoms with Gasteiger partial charge in [0.2, 0.25) is 0 Å². The molecule has 2 aromatic rings. The van der Waals surface area contributed by atoms with Gasteiger partial charge >= 0.3 is 6.03 Å². The molecule has 0 aromatic heterocycles. The number of anilines is 1. The molecule has 0 spiro atoms. The predicted octanol–water partition coefficient (Wildman–Crippen LogP) is 5.75. The minimum absolute atomic E-state index is 0.0330. The van der Waals surface area contributed by atoms with E-state index in [0.29, 0.717) is 25.9 Å². The minimum atomic E-state index is -0.512. The monoisotopic (exact) mass is 473 g/mol. The zero-order valence-electron chi connectivity index (χ0n) is 21.2. The van der Waals surface area contributed by atoms with E-state index in [1.165, 1.54) is 15.9 Å². The van der Waals surface area contributed by atoms with Gasteiger partial charge in [0.1, 0.15) is 5.57 Å². The summed E-state index contributed by atoms with van der Waals surface area (Å²) in [4.78, 5) is 43.1. The number of nitrogens with zero attached hydrogens (tertiary/aromatic N) is 3. The van der Waals surface area contributed by atoms with Crippen LogP contribution < -0.4 is 4.90 Å². The van der Waals surface area contributed by atoms with Gasteiger partial charge in [-0.1, -0.05) is 75.2 Å². The van der Waals surface area contributed by atoms with E-state index in [1.54, 1.807) is 6.08 Å². The standard InChI is InChI=1S/C29H35N3O3/c1-5-7-20-31-27(33)26(28(34)32(29(31)35)21-8-6-2)11-9-10-22-12-14-23(15-13-22)24-16-18-25(19-17-24)30(3)4/h9-19H,5-8,20-21H2,1-4H3/b10-9+. The highest BCUT2D eigenvalue weighted by Gasteiger charge is 2.40. The molecule has 6 heteroatoms. The molecule has 1 heterocycles. The molecule has 1 fully saturated rings. The van der Waals surface area contributed by atoms with Gasteiger partial charge in [-0.25, -0.2) is 4.79 Å². The van der Waals surface area contributed by atoms with E-state index in [-0.39, 0.29) is 5.57 Å². The predicted molar refractivity (Wildman–Crippen MR) is 142 cm³/mol. The molecule has 0 aliphatic carbocycles. The van der Waals surface area contributed by atoms with Gasteiger partial charge < -0.3 is 4.90 Å². The molecule has 4 amide bonds. The molecule has 1 aliphatic rings. The number of unbranched alkanes of at least 4 members (excludes halogenated alkanes) is 2. The van der Waals surface area contributed by atoms with Crippen LogP contribution in [0.1, 0.15) is 45.1 Å². The zero-order valence-corrected chi connectivity index (χ0v) is 21.2. The molecule has 35 heavy (non-hydrogen) atoms. The average molecular weight is 474 g/mol. The van der Waals surface area contributed by atoms with Crippen molar-refractivity contribution in [2.75, 3.05) is 32.1 Å². The van der Waals surface area contributed by atoms with Crippen molar-refractivity contribution in [1.29, 1.82) is 0 Å². The summed E-state index contributed by atoms with van der Waals surface area (Å²) in [7, 11) is 4.03. The summed E-state index contributed by atoms with van der Waals surface area (Å²) >= 11 is 0. The molecular formula is C29H35N3O3. The van der Waals surface area contributed by atoms with Gasteiger partial charge in [-0.3, -0.25) is 19.4 Å². The Labute approximate surface area is 208 Å². The van der Waals surface area contributed by atoms with Crippen molar-refractivity contribution < 1.29 is 14.4 Å². The van der Waals surface area contributed by atoms with E-state index < -0.39 is 17.8 Å². The summed E-state index contributed by atoms with van der Waals surface area (Å²) in [5.74, 6) is -1.02. The number of hydrogen-bond acceptors (Lipinski definition) is 4. The molecule has 2 aromatic carbocycles. The molecule has 6 nitrogen and oxygen atoms in total. The first-order valence-electron chi connectivity index (χ1n) is 12.3. The van der Waals surface area contributed by atoms with Crippen molar-refractivity contribution in [2.45, 2.75) is 39.5 Å². The number of amides is 4. The van der Waals surface area contributed by atoms with Crippen molar-refractivity contribution >= 4 is 29.6 Å². The summed E-state index contributed by atoms with van der Waals surface area (Å²) in [6.45, 7) is 4.65. The summed E-state index contributed by atoms with van der Waals surface area (Å²) in [5, 5.41) is 0. The summed E-state index contributed by atoms with van der Waals surface area (Å²) in [6, 6.07) is 16.0. The van der Waals surface area contributed by atoms with E-state index >= 15 is 0 Å². The van der Waals surface area contributed by atoms with Crippen LogP contribution >= 0.6 is 0 Å². The van der Waals surface area contributed by atoms with Crippen LogP contribution in [-0.4, -0.2) is 54.8 Å². The zero-order chi connectivity index (χ0) is 25.4. The second-order valence-corrected chi connectivity index (χ2v) is 8.91. The van der Waals surface area contributed by atoms with E-state index in [2.05, 4.69) is 29.2 Å². The van der Waals surface area contributed by atoms with Crippen molar-refractivity contribution in [3.05, 3.63) is 71.8 Å². The topological polar surface area (TPSA) is 60.9 Å². The maximum absolute atomic E-state index is 12.9. The molecule has 0 atom stereocenters. The van der Waals surface area contributed by atoms with Gasteiger partial charge in [0, 0.05) is 32.9 Å². The lowest BCUT2D eigenvalue weighted by Crippen LogP contribution is -2.56. The highest BCUT2D eigenvalue weighted by molar-refractivity contribution is 6.28. The Balaban J connectivity index is 1.77. The molecule has 0 N–H and O–H groups in total. The van der Waals surface area contributed by atoms with Gasteiger partial charge in [-0.15, -0.1) is 0 Å². The Hall–Kier alpha value is -3.67. The van der Waals surface area contributed by atoms with Crippen LogP contribution in [0.4, 0.5) is 10.5 Å². The van der Waals surface area contributed by atoms with Crippen molar-refractivity contribution in [3.8, 4) is 11.1 Å². The van der Waals surface area contributed by atoms with E-state index in [1.807, 2.05) is 58.3 Å². The van der Waals surface area contributed by atoms with Crippen LogP contribution in [0.15, 0.2) is 66.3 Å². The van der Waals surface area contributed by atoms with Crippen molar-refractivity contribution in [2.24, 2.45) is 0 Å². The molecule has 0 radical (unpaired) electrons. The molecule has 0 unspecified atom stereocenters. The fraction of sp³-hybridized carbons (Fsp3) is 0.345. The number of allylic oxidation sites excluding steroid dienone is 2. The molecule has 0 bridgehead atoms.